The van der Waals surface area contributed by atoms with Gasteiger partial charge in [-0.2, -0.15) is 0 Å². The lowest BCUT2D eigenvalue weighted by Gasteiger charge is -2.19. The highest BCUT2D eigenvalue weighted by Gasteiger charge is 2.20. The van der Waals surface area contributed by atoms with Crippen molar-refractivity contribution in [3.63, 3.8) is 0 Å². The molecule has 2 rings (SSSR count). The molecule has 1 aromatic heterocycles. The van der Waals surface area contributed by atoms with Crippen molar-refractivity contribution in [3.8, 4) is 0 Å². The molecule has 0 atom stereocenters. The molecule has 7 heteroatoms. The minimum absolute atomic E-state index is 0.0893. The third-order valence-electron chi connectivity index (χ3n) is 4.00. The van der Waals surface area contributed by atoms with E-state index in [1.165, 1.54) is 30.4 Å². The third kappa shape index (κ3) is 4.81. The molecule has 0 aliphatic carbocycles. The highest BCUT2D eigenvalue weighted by Crippen LogP contribution is 2.29. The van der Waals surface area contributed by atoms with Gasteiger partial charge in [0.1, 0.15) is 0 Å². The monoisotopic (exact) mass is 371 g/mol. The Bertz CT molecular complexity index is 948. The summed E-state index contributed by atoms with van der Waals surface area (Å²) < 4.78 is 0. The first-order chi connectivity index (χ1) is 12.3. The molecule has 7 nitrogen and oxygen atoms in total. The highest BCUT2D eigenvalue weighted by atomic mass is 16.6. The van der Waals surface area contributed by atoms with Crippen LogP contribution in [-0.4, -0.2) is 25.1 Å². The quantitative estimate of drug-likeness (QED) is 0.423. The fourth-order valence-electron chi connectivity index (χ4n) is 2.09. The van der Waals surface area contributed by atoms with Crippen molar-refractivity contribution in [2.75, 3.05) is 0 Å². The van der Waals surface area contributed by atoms with Gasteiger partial charge in [0.25, 0.3) is 5.69 Å². The molecule has 0 aliphatic rings. The Kier molecular flexibility index (Phi) is 5.26. The SMILES string of the molecule is CC(C)(C)C(O)=Cc1nc2ccc([N+](=O)[O-])cc2nc1C=C(O)C(C)(C)C. The lowest BCUT2D eigenvalue weighted by molar-refractivity contribution is -0.384. The Morgan fingerprint density at radius 3 is 1.78 bits per heavy atom. The molecule has 0 bridgehead atoms. The fraction of sp³-hybridized carbons (Fsp3) is 0.400. The van der Waals surface area contributed by atoms with E-state index in [-0.39, 0.29) is 17.2 Å². The molecule has 2 N–H and O–H groups in total. The van der Waals surface area contributed by atoms with Crippen LogP contribution in [0.3, 0.4) is 0 Å². The molecule has 27 heavy (non-hydrogen) atoms. The molecule has 0 aliphatic heterocycles. The molecule has 0 saturated carbocycles. The van der Waals surface area contributed by atoms with Crippen molar-refractivity contribution in [1.82, 2.24) is 9.97 Å². The minimum Gasteiger partial charge on any atom is -0.512 e. The summed E-state index contributed by atoms with van der Waals surface area (Å²) in [6, 6.07) is 4.21. The van der Waals surface area contributed by atoms with Crippen LogP contribution in [0, 0.1) is 20.9 Å². The summed E-state index contributed by atoms with van der Waals surface area (Å²) in [7, 11) is 0. The van der Waals surface area contributed by atoms with E-state index in [9.17, 15) is 20.3 Å². The molecular formula is C20H25N3O4. The molecule has 0 radical (unpaired) electrons. The Morgan fingerprint density at radius 1 is 0.926 bits per heavy atom. The maximum Gasteiger partial charge on any atom is 0.271 e. The number of aliphatic hydroxyl groups is 2. The zero-order valence-electron chi connectivity index (χ0n) is 16.4. The third-order valence-corrected chi connectivity index (χ3v) is 4.00. The molecule has 0 spiro atoms. The summed E-state index contributed by atoms with van der Waals surface area (Å²) >= 11 is 0. The average Bonchev–Trinajstić information content (AvgIpc) is 2.52. The van der Waals surface area contributed by atoms with Crippen molar-refractivity contribution in [2.24, 2.45) is 10.8 Å². The van der Waals surface area contributed by atoms with E-state index < -0.39 is 15.8 Å². The first-order valence-corrected chi connectivity index (χ1v) is 8.57. The Labute approximate surface area is 158 Å². The molecule has 0 saturated heterocycles. The van der Waals surface area contributed by atoms with Gasteiger partial charge in [0.2, 0.25) is 0 Å². The first kappa shape index (κ1) is 20.4. The molecule has 2 aromatic rings. The van der Waals surface area contributed by atoms with Crippen LogP contribution in [0.2, 0.25) is 0 Å². The topological polar surface area (TPSA) is 109 Å². The molecule has 0 amide bonds. The van der Waals surface area contributed by atoms with Crippen LogP contribution in [0.1, 0.15) is 52.9 Å². The molecular weight excluding hydrogens is 346 g/mol. The van der Waals surface area contributed by atoms with Crippen molar-refractivity contribution in [3.05, 3.63) is 51.2 Å². The van der Waals surface area contributed by atoms with E-state index in [2.05, 4.69) is 9.97 Å². The van der Waals surface area contributed by atoms with Gasteiger partial charge >= 0.3 is 0 Å². The maximum absolute atomic E-state index is 11.0. The van der Waals surface area contributed by atoms with Gasteiger partial charge in [0.15, 0.2) is 0 Å². The van der Waals surface area contributed by atoms with Crippen LogP contribution in [0.5, 0.6) is 0 Å². The van der Waals surface area contributed by atoms with Crippen molar-refractivity contribution in [1.29, 1.82) is 0 Å². The number of hydrogen-bond acceptors (Lipinski definition) is 6. The first-order valence-electron chi connectivity index (χ1n) is 8.57. The predicted octanol–water partition coefficient (Wildman–Crippen LogP) is 5.43. The summed E-state index contributed by atoms with van der Waals surface area (Å²) in [5.74, 6) is 0.203. The Morgan fingerprint density at radius 2 is 1.37 bits per heavy atom. The number of nitro benzene ring substituents is 1. The number of nitro groups is 1. The number of allylic oxidation sites excluding steroid dienone is 2. The summed E-state index contributed by atoms with van der Waals surface area (Å²) in [5.41, 5.74) is 0.412. The van der Waals surface area contributed by atoms with Crippen LogP contribution in [0.15, 0.2) is 29.7 Å². The smallest absolute Gasteiger partial charge is 0.271 e. The molecule has 0 unspecified atom stereocenters. The van der Waals surface area contributed by atoms with E-state index in [4.69, 9.17) is 0 Å². The van der Waals surface area contributed by atoms with Gasteiger partial charge in [0, 0.05) is 35.1 Å². The van der Waals surface area contributed by atoms with Gasteiger partial charge in [-0.1, -0.05) is 41.5 Å². The van der Waals surface area contributed by atoms with Crippen molar-refractivity contribution >= 4 is 28.9 Å². The van der Waals surface area contributed by atoms with Gasteiger partial charge in [-0.25, -0.2) is 9.97 Å². The van der Waals surface area contributed by atoms with E-state index in [1.54, 1.807) is 0 Å². The van der Waals surface area contributed by atoms with E-state index in [0.717, 1.165) is 0 Å². The Hall–Kier alpha value is -2.96. The number of hydrogen-bond donors (Lipinski definition) is 2. The average molecular weight is 371 g/mol. The maximum atomic E-state index is 11.0. The van der Waals surface area contributed by atoms with Crippen LogP contribution in [-0.2, 0) is 0 Å². The number of fused-ring (bicyclic) bond motifs is 1. The molecule has 0 fully saturated rings. The summed E-state index contributed by atoms with van der Waals surface area (Å²) in [5, 5.41) is 31.8. The Balaban J connectivity index is 2.76. The number of aromatic nitrogens is 2. The van der Waals surface area contributed by atoms with Gasteiger partial charge < -0.3 is 10.2 Å². The van der Waals surface area contributed by atoms with Crippen molar-refractivity contribution < 1.29 is 15.1 Å². The second kappa shape index (κ2) is 6.98. The summed E-state index contributed by atoms with van der Waals surface area (Å²) in [4.78, 5) is 19.5. The number of benzene rings is 1. The van der Waals surface area contributed by atoms with Crippen molar-refractivity contribution in [2.45, 2.75) is 41.5 Å². The summed E-state index contributed by atoms with van der Waals surface area (Å²) in [6.07, 6.45) is 2.99. The van der Waals surface area contributed by atoms with E-state index in [1.807, 2.05) is 41.5 Å². The zero-order chi connectivity index (χ0) is 20.6. The van der Waals surface area contributed by atoms with Gasteiger partial charge in [-0.05, 0) is 6.07 Å². The standard InChI is InChI=1S/C20H25N3O4/c1-19(2,3)17(24)10-15-16(11-18(25)20(4,5)6)22-14-9-12(23(26)27)7-8-13(14)21-15/h7-11,24-25H,1-6H3. The van der Waals surface area contributed by atoms with Gasteiger partial charge in [-0.3, -0.25) is 10.1 Å². The number of aliphatic hydroxyl groups excluding tert-OH is 2. The molecule has 144 valence electrons. The minimum atomic E-state index is -0.508. The largest absolute Gasteiger partial charge is 0.512 e. The highest BCUT2D eigenvalue weighted by molar-refractivity contribution is 5.80. The van der Waals surface area contributed by atoms with Crippen LogP contribution >= 0.6 is 0 Å². The molecule has 1 heterocycles. The predicted molar refractivity (Wildman–Crippen MR) is 106 cm³/mol. The second-order valence-corrected chi connectivity index (χ2v) is 8.48. The van der Waals surface area contributed by atoms with E-state index in [0.29, 0.717) is 22.4 Å². The lowest BCUT2D eigenvalue weighted by atomic mass is 9.92. The van der Waals surface area contributed by atoms with Crippen LogP contribution < -0.4 is 0 Å². The van der Waals surface area contributed by atoms with Gasteiger partial charge in [-0.15, -0.1) is 0 Å². The zero-order valence-corrected chi connectivity index (χ0v) is 16.4. The summed E-state index contributed by atoms with van der Waals surface area (Å²) in [6.45, 7) is 11.1. The van der Waals surface area contributed by atoms with Crippen LogP contribution in [0.4, 0.5) is 5.69 Å². The fourth-order valence-corrected chi connectivity index (χ4v) is 2.09. The second-order valence-electron chi connectivity index (χ2n) is 8.48. The molecule has 1 aromatic carbocycles. The number of non-ortho nitro benzene ring substituents is 1. The number of rotatable bonds is 3. The normalized spacial score (nSPS) is 13.9. The van der Waals surface area contributed by atoms with Crippen LogP contribution in [0.25, 0.3) is 23.2 Å². The van der Waals surface area contributed by atoms with Gasteiger partial charge in [0.05, 0.1) is 38.9 Å². The number of nitrogens with zero attached hydrogens (tertiary/aromatic N) is 3. The van der Waals surface area contributed by atoms with E-state index >= 15 is 0 Å². The lowest BCUT2D eigenvalue weighted by Crippen LogP contribution is -2.10.